The summed E-state index contributed by atoms with van der Waals surface area (Å²) < 4.78 is 16.0. The summed E-state index contributed by atoms with van der Waals surface area (Å²) in [6, 6.07) is 21.2. The van der Waals surface area contributed by atoms with Crippen molar-refractivity contribution in [3.63, 3.8) is 0 Å². The Labute approximate surface area is 410 Å². The van der Waals surface area contributed by atoms with Crippen LogP contribution in [0.5, 0.6) is 17.2 Å². The third-order valence-corrected chi connectivity index (χ3v) is 13.6. The molecule has 5 aliphatic heterocycles. The summed E-state index contributed by atoms with van der Waals surface area (Å²) in [4.78, 5) is 57.3. The minimum atomic E-state index is -0.952. The third kappa shape index (κ3) is 13.5. The molecule has 378 valence electrons. The molecule has 2 amide bonds. The van der Waals surface area contributed by atoms with Gasteiger partial charge in [0.25, 0.3) is 0 Å². The van der Waals surface area contributed by atoms with Crippen LogP contribution in [-0.4, -0.2) is 133 Å². The molecule has 5 N–H and O–H groups in total. The number of amides is 2. The zero-order valence-corrected chi connectivity index (χ0v) is 41.4. The van der Waals surface area contributed by atoms with Crippen LogP contribution in [-0.2, 0) is 19.1 Å². The predicted molar refractivity (Wildman–Crippen MR) is 264 cm³/mol. The number of aliphatic hydroxyl groups is 1. The van der Waals surface area contributed by atoms with E-state index in [4.69, 9.17) is 14.2 Å². The molecule has 0 radical (unpaired) electrons. The van der Waals surface area contributed by atoms with Crippen LogP contribution in [0.25, 0.3) is 10.9 Å². The summed E-state index contributed by atoms with van der Waals surface area (Å²) in [6.45, 7) is 17.8. The number of carbonyl (C=O) groups excluding carboxylic acids is 2. The topological polar surface area (TPSA) is 220 Å². The van der Waals surface area contributed by atoms with Crippen LogP contribution in [0.15, 0.2) is 91.6 Å². The Hall–Kier alpha value is -6.39. The number of benzene rings is 3. The van der Waals surface area contributed by atoms with Gasteiger partial charge < -0.3 is 49.5 Å². The van der Waals surface area contributed by atoms with E-state index in [-0.39, 0.29) is 42.5 Å². The number of hydrogen-bond acceptors (Lipinski definition) is 12. The summed E-state index contributed by atoms with van der Waals surface area (Å²) in [5.41, 5.74) is 2.18. The highest BCUT2D eigenvalue weighted by Crippen LogP contribution is 2.43. The van der Waals surface area contributed by atoms with Crippen molar-refractivity contribution in [3.05, 3.63) is 108 Å². The minimum Gasteiger partial charge on any atom is -0.508 e. The van der Waals surface area contributed by atoms with E-state index in [1.54, 1.807) is 91.2 Å². The molecule has 4 aromatic rings. The number of aromatic nitrogens is 1. The lowest BCUT2D eigenvalue weighted by Gasteiger charge is -2.50. The molecule has 16 heteroatoms. The summed E-state index contributed by atoms with van der Waals surface area (Å²) >= 11 is 0. The molecule has 9 rings (SSSR count). The van der Waals surface area contributed by atoms with E-state index >= 15 is 0 Å². The van der Waals surface area contributed by atoms with Crippen LogP contribution in [0, 0.1) is 23.7 Å². The van der Waals surface area contributed by atoms with Crippen LogP contribution < -0.4 is 4.74 Å². The van der Waals surface area contributed by atoms with Gasteiger partial charge in [-0.25, -0.2) is 9.59 Å². The molecule has 0 spiro atoms. The Bertz CT molecular complexity index is 2380. The second kappa shape index (κ2) is 22.6. The number of ether oxygens (including phenoxy) is 3. The molecule has 16 nitrogen and oxygen atoms in total. The van der Waals surface area contributed by atoms with E-state index in [2.05, 4.69) is 22.5 Å². The van der Waals surface area contributed by atoms with Gasteiger partial charge in [-0.1, -0.05) is 30.3 Å². The zero-order chi connectivity index (χ0) is 51.1. The molecular weight excluding hydrogens is 897 g/mol. The number of nitrogens with zero attached hydrogens (tertiary/aromatic N) is 4. The molecule has 70 heavy (non-hydrogen) atoms. The summed E-state index contributed by atoms with van der Waals surface area (Å²) in [6.07, 6.45) is 5.67. The number of aliphatic carboxylic acids is 2. The number of carbonyl (C=O) groups is 4. The standard InChI is InChI=1S/C20H24N2O2.2C17H23NO5/c1-3-13-12-22-9-7-14(13)10-19(22)20(23)16-6-8-21-18-5-4-15(24-2)11-17(16)18;2*1-17(2,3)23-16(22)18-8-7-13(14(10-18)15(20)21)11-5-4-6-12(19)9-11/h3-6,8,11,13-14,19-20,23H,1,7,9-10,12H2,2H3;2*4-6,9,13-14,19H,7-8,10H2,1-3H3,(H,20,21)/t13-,14?,19?,20+;2*13-,14+/m011/s1. The number of carboxylic acid groups (broad SMARTS) is 2. The number of aliphatic hydroxyl groups excluding tert-OH is 1. The van der Waals surface area contributed by atoms with Crippen molar-refractivity contribution in [1.29, 1.82) is 0 Å². The van der Waals surface area contributed by atoms with E-state index in [0.717, 1.165) is 52.9 Å². The molecule has 1 aromatic heterocycles. The van der Waals surface area contributed by atoms with Crippen molar-refractivity contribution < 1.29 is 58.9 Å². The number of phenols is 2. The van der Waals surface area contributed by atoms with Gasteiger partial charge in [0.15, 0.2) is 0 Å². The first kappa shape index (κ1) is 53.0. The van der Waals surface area contributed by atoms with Crippen LogP contribution in [0.1, 0.15) is 102 Å². The highest BCUT2D eigenvalue weighted by atomic mass is 16.6. The lowest BCUT2D eigenvalue weighted by atomic mass is 9.73. The van der Waals surface area contributed by atoms with Gasteiger partial charge in [-0.2, -0.15) is 0 Å². The van der Waals surface area contributed by atoms with Crippen molar-refractivity contribution in [2.24, 2.45) is 23.7 Å². The maximum atomic E-state index is 12.1. The van der Waals surface area contributed by atoms with Crippen molar-refractivity contribution in [2.75, 3.05) is 46.4 Å². The Morgan fingerprint density at radius 1 is 0.729 bits per heavy atom. The van der Waals surface area contributed by atoms with Crippen LogP contribution >= 0.6 is 0 Å². The van der Waals surface area contributed by atoms with Gasteiger partial charge >= 0.3 is 24.1 Å². The van der Waals surface area contributed by atoms with E-state index in [9.17, 15) is 44.7 Å². The second-order valence-corrected chi connectivity index (χ2v) is 20.7. The van der Waals surface area contributed by atoms with Gasteiger partial charge in [0.2, 0.25) is 0 Å². The van der Waals surface area contributed by atoms with Crippen LogP contribution in [0.2, 0.25) is 0 Å². The molecule has 6 heterocycles. The Morgan fingerprint density at radius 2 is 1.26 bits per heavy atom. The van der Waals surface area contributed by atoms with Crippen LogP contribution in [0.4, 0.5) is 9.59 Å². The SMILES string of the molecule is C=C[C@H]1CN2CCC1CC2[C@H](O)c1ccnc2ccc(OC)cc12.CC(C)(C)OC(=O)N1CC[C@H](c2cccc(O)c2)[C@@H](C(=O)O)C1.CC(C)(C)OC(=O)N1CC[C@H](c2cccc(O)c2)[C@@H](C(=O)O)C1. The summed E-state index contributed by atoms with van der Waals surface area (Å²) in [5.74, 6) is -1.60. The van der Waals surface area contributed by atoms with Gasteiger partial charge in [0, 0.05) is 62.2 Å². The number of carboxylic acids is 2. The number of pyridine rings is 1. The first-order valence-corrected chi connectivity index (χ1v) is 24.0. The minimum absolute atomic E-state index is 0.102. The van der Waals surface area contributed by atoms with Crippen LogP contribution in [0.3, 0.4) is 0 Å². The number of fused-ring (bicyclic) bond motifs is 4. The fourth-order valence-electron chi connectivity index (χ4n) is 10.1. The maximum absolute atomic E-state index is 12.1. The van der Waals surface area contributed by atoms with Gasteiger partial charge in [-0.05, 0) is 151 Å². The van der Waals surface area contributed by atoms with E-state index in [1.165, 1.54) is 16.2 Å². The number of methoxy groups -OCH3 is 1. The van der Waals surface area contributed by atoms with Gasteiger partial charge in [-0.3, -0.25) is 19.5 Å². The zero-order valence-electron chi connectivity index (χ0n) is 41.4. The smallest absolute Gasteiger partial charge is 0.410 e. The summed E-state index contributed by atoms with van der Waals surface area (Å²) in [7, 11) is 1.66. The molecule has 3 unspecified atom stereocenters. The molecule has 5 saturated heterocycles. The van der Waals surface area contributed by atoms with Crippen molar-refractivity contribution in [3.8, 4) is 17.2 Å². The quantitative estimate of drug-likeness (QED) is 0.104. The molecule has 0 saturated carbocycles. The monoisotopic (exact) mass is 966 g/mol. The van der Waals surface area contributed by atoms with Crippen molar-refractivity contribution in [1.82, 2.24) is 19.7 Å². The number of phenolic OH excluding ortho intramolecular Hbond substituents is 2. The molecule has 3 aromatic carbocycles. The Balaban J connectivity index is 0.000000172. The summed E-state index contributed by atoms with van der Waals surface area (Å²) in [5, 5.41) is 50.4. The van der Waals surface area contributed by atoms with Gasteiger partial charge in [0.1, 0.15) is 28.5 Å². The van der Waals surface area contributed by atoms with E-state index < -0.39 is 53.3 Å². The predicted octanol–water partition coefficient (Wildman–Crippen LogP) is 8.81. The van der Waals surface area contributed by atoms with Crippen molar-refractivity contribution in [2.45, 2.75) is 102 Å². The average molecular weight is 967 g/mol. The lowest BCUT2D eigenvalue weighted by Crippen LogP contribution is -2.54. The van der Waals surface area contributed by atoms with Gasteiger partial charge in [0.05, 0.1) is 30.6 Å². The number of rotatable bonds is 8. The molecule has 2 bridgehead atoms. The third-order valence-electron chi connectivity index (χ3n) is 13.6. The number of hydrogen-bond donors (Lipinski definition) is 5. The molecular formula is C54H70N4O12. The Morgan fingerprint density at radius 3 is 1.69 bits per heavy atom. The maximum Gasteiger partial charge on any atom is 0.410 e. The highest BCUT2D eigenvalue weighted by Gasteiger charge is 2.43. The van der Waals surface area contributed by atoms with Crippen molar-refractivity contribution >= 4 is 35.0 Å². The van der Waals surface area contributed by atoms with E-state index in [0.29, 0.717) is 37.8 Å². The van der Waals surface area contributed by atoms with Gasteiger partial charge in [-0.15, -0.1) is 6.58 Å². The lowest BCUT2D eigenvalue weighted by molar-refractivity contribution is -0.145. The normalized spacial score (nSPS) is 24.7. The molecule has 5 fully saturated rings. The van der Waals surface area contributed by atoms with E-state index in [1.807, 2.05) is 36.4 Å². The fourth-order valence-corrected chi connectivity index (χ4v) is 10.1. The largest absolute Gasteiger partial charge is 0.508 e. The fraction of sp³-hybridized carbons (Fsp3) is 0.500. The molecule has 0 aliphatic carbocycles. The highest BCUT2D eigenvalue weighted by molar-refractivity contribution is 5.84. The molecule has 5 aliphatic rings. The number of piperidine rings is 5. The second-order valence-electron chi connectivity index (χ2n) is 20.7. The Kier molecular flexibility index (Phi) is 17.1. The first-order valence-electron chi connectivity index (χ1n) is 24.0. The average Bonchev–Trinajstić information content (AvgIpc) is 3.32. The number of likely N-dealkylation sites (tertiary alicyclic amines) is 2. The number of aromatic hydroxyl groups is 2. The molecule has 9 atom stereocenters. The first-order chi connectivity index (χ1) is 33.0.